The van der Waals surface area contributed by atoms with Crippen LogP contribution >= 0.6 is 0 Å². The SMILES string of the molecule is [CH]=CCCCCCCCCCC.[Cl-].[Cl-].[Ga]. The Bertz CT molecular complexity index is 97.6. The molecule has 0 amide bonds. The molecule has 0 N–H and O–H groups in total. The Morgan fingerprint density at radius 1 is 0.800 bits per heavy atom. The molecule has 0 aromatic heterocycles. The van der Waals surface area contributed by atoms with Crippen molar-refractivity contribution < 1.29 is 24.8 Å². The Labute approximate surface area is 122 Å². The van der Waals surface area contributed by atoms with Crippen LogP contribution in [0.25, 0.3) is 0 Å². The van der Waals surface area contributed by atoms with E-state index in [0.717, 1.165) is 6.42 Å². The maximum absolute atomic E-state index is 5.28. The quantitative estimate of drug-likeness (QED) is 0.346. The molecule has 0 unspecified atom stereocenters. The first-order valence-corrected chi connectivity index (χ1v) is 5.45. The molecule has 4 radical (unpaired) electrons. The predicted octanol–water partition coefficient (Wildman–Crippen LogP) is -1.87. The van der Waals surface area contributed by atoms with Crippen molar-refractivity contribution in [2.24, 2.45) is 0 Å². The Hall–Kier alpha value is 0.956. The standard InChI is InChI=1S/C12H23.2ClH.Ga/c1-3-5-7-9-11-12-10-8-6-4-2;;;/h1,3H,4-12H2,2H3;2*1H;/p-2. The van der Waals surface area contributed by atoms with Gasteiger partial charge in [-0.15, -0.1) is 0 Å². The maximum Gasteiger partial charge on any atom is 0 e. The zero-order valence-electron chi connectivity index (χ0n) is 9.85. The fourth-order valence-electron chi connectivity index (χ4n) is 1.40. The third kappa shape index (κ3) is 25.3. The van der Waals surface area contributed by atoms with Crippen LogP contribution in [0.2, 0.25) is 0 Å². The topological polar surface area (TPSA) is 0 Å². The van der Waals surface area contributed by atoms with Gasteiger partial charge < -0.3 is 24.8 Å². The van der Waals surface area contributed by atoms with Crippen molar-refractivity contribution in [2.45, 2.75) is 64.7 Å². The molecule has 0 aromatic rings. The van der Waals surface area contributed by atoms with Crippen LogP contribution in [-0.2, 0) is 0 Å². The molecule has 0 nitrogen and oxygen atoms in total. The molecule has 0 atom stereocenters. The maximum atomic E-state index is 5.28. The van der Waals surface area contributed by atoms with E-state index in [1.807, 2.05) is 0 Å². The average Bonchev–Trinajstić information content (AvgIpc) is 2.10. The largest absolute Gasteiger partial charge is 1.00 e. The first kappa shape index (κ1) is 25.0. The van der Waals surface area contributed by atoms with E-state index in [1.54, 1.807) is 6.08 Å². The van der Waals surface area contributed by atoms with E-state index in [1.165, 1.54) is 51.4 Å². The molecule has 0 saturated carbocycles. The van der Waals surface area contributed by atoms with Gasteiger partial charge in [-0.2, -0.15) is 0 Å². The van der Waals surface area contributed by atoms with Crippen LogP contribution in [0.4, 0.5) is 0 Å². The van der Waals surface area contributed by atoms with E-state index in [9.17, 15) is 0 Å². The minimum absolute atomic E-state index is 0. The minimum Gasteiger partial charge on any atom is -1.00 e. The fraction of sp³-hybridized carbons (Fsp3) is 0.833. The van der Waals surface area contributed by atoms with Gasteiger partial charge in [0.05, 0.1) is 0 Å². The van der Waals surface area contributed by atoms with Crippen molar-refractivity contribution in [3.63, 3.8) is 0 Å². The van der Waals surface area contributed by atoms with Crippen LogP contribution in [0, 0.1) is 6.58 Å². The van der Waals surface area contributed by atoms with Crippen molar-refractivity contribution in [2.75, 3.05) is 0 Å². The number of rotatable bonds is 9. The van der Waals surface area contributed by atoms with Gasteiger partial charge in [0.2, 0.25) is 0 Å². The number of halogens is 2. The summed E-state index contributed by atoms with van der Waals surface area (Å²) in [6, 6.07) is 0. The van der Waals surface area contributed by atoms with E-state index in [-0.39, 0.29) is 44.6 Å². The summed E-state index contributed by atoms with van der Waals surface area (Å²) < 4.78 is 0. The third-order valence-electron chi connectivity index (χ3n) is 2.22. The first-order chi connectivity index (χ1) is 5.91. The molecule has 0 aliphatic carbocycles. The molecule has 15 heavy (non-hydrogen) atoms. The van der Waals surface area contributed by atoms with Crippen molar-refractivity contribution in [3.8, 4) is 0 Å². The molecule has 0 spiro atoms. The second kappa shape index (κ2) is 24.3. The van der Waals surface area contributed by atoms with E-state index in [2.05, 4.69) is 6.92 Å². The van der Waals surface area contributed by atoms with Crippen molar-refractivity contribution >= 4 is 19.8 Å². The Balaban J connectivity index is -0.000000202. The van der Waals surface area contributed by atoms with E-state index in [4.69, 9.17) is 6.58 Å². The van der Waals surface area contributed by atoms with Gasteiger partial charge in [0.25, 0.3) is 0 Å². The van der Waals surface area contributed by atoms with Crippen molar-refractivity contribution in [3.05, 3.63) is 12.7 Å². The van der Waals surface area contributed by atoms with Gasteiger partial charge >= 0.3 is 0 Å². The number of unbranched alkanes of at least 4 members (excludes halogenated alkanes) is 8. The van der Waals surface area contributed by atoms with Crippen LogP contribution in [0.15, 0.2) is 6.08 Å². The summed E-state index contributed by atoms with van der Waals surface area (Å²) in [7, 11) is 0. The van der Waals surface area contributed by atoms with Crippen molar-refractivity contribution in [1.82, 2.24) is 0 Å². The molecule has 0 saturated heterocycles. The molecular formula is C12H23Cl2Ga-2. The van der Waals surface area contributed by atoms with E-state index >= 15 is 0 Å². The molecule has 0 rings (SSSR count). The van der Waals surface area contributed by atoms with Gasteiger partial charge in [-0.1, -0.05) is 64.5 Å². The minimum atomic E-state index is 0. The Kier molecular flexibility index (Phi) is 40.4. The smallest absolute Gasteiger partial charge is 0 e. The summed E-state index contributed by atoms with van der Waals surface area (Å²) in [5.74, 6) is 0. The third-order valence-corrected chi connectivity index (χ3v) is 2.22. The van der Waals surface area contributed by atoms with Crippen molar-refractivity contribution in [1.29, 1.82) is 0 Å². The zero-order valence-corrected chi connectivity index (χ0v) is 13.8. The molecule has 0 fully saturated rings. The molecule has 3 heteroatoms. The van der Waals surface area contributed by atoms with Gasteiger partial charge in [-0.3, -0.25) is 0 Å². The van der Waals surface area contributed by atoms with E-state index in [0.29, 0.717) is 0 Å². The van der Waals surface area contributed by atoms with Crippen LogP contribution in [-0.4, -0.2) is 19.8 Å². The number of hydrogen-bond acceptors (Lipinski definition) is 0. The molecule has 0 aliphatic rings. The average molecular weight is 308 g/mol. The molecule has 90 valence electrons. The molecule has 0 aliphatic heterocycles. The molecular weight excluding hydrogens is 285 g/mol. The summed E-state index contributed by atoms with van der Waals surface area (Å²) in [5, 5.41) is 0. The second-order valence-corrected chi connectivity index (χ2v) is 3.50. The molecule has 0 aromatic carbocycles. The predicted molar refractivity (Wildman–Crippen MR) is 61.9 cm³/mol. The van der Waals surface area contributed by atoms with Gasteiger partial charge in [0.15, 0.2) is 0 Å². The van der Waals surface area contributed by atoms with Gasteiger partial charge in [-0.25, -0.2) is 0 Å². The van der Waals surface area contributed by atoms with Crippen LogP contribution in [0.1, 0.15) is 64.7 Å². The summed E-state index contributed by atoms with van der Waals surface area (Å²) in [6.45, 7) is 7.54. The second-order valence-electron chi connectivity index (χ2n) is 3.50. The van der Waals surface area contributed by atoms with Crippen LogP contribution < -0.4 is 24.8 Å². The Morgan fingerprint density at radius 2 is 1.20 bits per heavy atom. The Morgan fingerprint density at radius 3 is 1.60 bits per heavy atom. The normalized spacial score (nSPS) is 8.07. The number of allylic oxidation sites excluding steroid dienone is 1. The first-order valence-electron chi connectivity index (χ1n) is 5.45. The summed E-state index contributed by atoms with van der Waals surface area (Å²) in [6.07, 6.45) is 14.0. The monoisotopic (exact) mass is 306 g/mol. The van der Waals surface area contributed by atoms with Gasteiger partial charge in [0.1, 0.15) is 0 Å². The zero-order chi connectivity index (χ0) is 9.07. The summed E-state index contributed by atoms with van der Waals surface area (Å²) in [5.41, 5.74) is 0. The van der Waals surface area contributed by atoms with Crippen LogP contribution in [0.3, 0.4) is 0 Å². The summed E-state index contributed by atoms with van der Waals surface area (Å²) in [4.78, 5) is 0. The molecule has 0 bridgehead atoms. The number of hydrogen-bond donors (Lipinski definition) is 0. The van der Waals surface area contributed by atoms with E-state index < -0.39 is 0 Å². The van der Waals surface area contributed by atoms with Gasteiger partial charge in [-0.05, 0) is 12.8 Å². The van der Waals surface area contributed by atoms with Crippen LogP contribution in [0.5, 0.6) is 0 Å². The fourth-order valence-corrected chi connectivity index (χ4v) is 1.40. The van der Waals surface area contributed by atoms with Gasteiger partial charge in [0, 0.05) is 19.8 Å². The molecule has 0 heterocycles. The summed E-state index contributed by atoms with van der Waals surface area (Å²) >= 11 is 0.